The van der Waals surface area contributed by atoms with Crippen molar-refractivity contribution in [1.82, 2.24) is 5.32 Å². The molecule has 20 heavy (non-hydrogen) atoms. The molecule has 3 heteroatoms. The van der Waals surface area contributed by atoms with Gasteiger partial charge in [0.25, 0.3) is 0 Å². The van der Waals surface area contributed by atoms with Gasteiger partial charge < -0.3 is 10.6 Å². The van der Waals surface area contributed by atoms with Crippen LogP contribution in [0, 0.1) is 5.41 Å². The fourth-order valence-electron chi connectivity index (χ4n) is 3.55. The van der Waals surface area contributed by atoms with Crippen LogP contribution in [0.3, 0.4) is 0 Å². The van der Waals surface area contributed by atoms with Gasteiger partial charge in [0.05, 0.1) is 0 Å². The van der Waals surface area contributed by atoms with E-state index in [2.05, 4.69) is 35.8 Å². The fourth-order valence-corrected chi connectivity index (χ4v) is 3.55. The van der Waals surface area contributed by atoms with Crippen molar-refractivity contribution in [2.24, 2.45) is 5.41 Å². The van der Waals surface area contributed by atoms with Crippen molar-refractivity contribution < 1.29 is 4.79 Å². The Hall–Kier alpha value is -1.51. The molecule has 2 aliphatic rings. The Morgan fingerprint density at radius 3 is 2.90 bits per heavy atom. The van der Waals surface area contributed by atoms with Gasteiger partial charge in [0, 0.05) is 31.1 Å². The van der Waals surface area contributed by atoms with Crippen LogP contribution in [0.1, 0.15) is 50.5 Å². The Morgan fingerprint density at radius 1 is 1.35 bits per heavy atom. The van der Waals surface area contributed by atoms with Crippen molar-refractivity contribution in [3.63, 3.8) is 0 Å². The molecule has 0 saturated heterocycles. The number of amides is 1. The molecule has 0 radical (unpaired) electrons. The molecule has 1 saturated carbocycles. The molecule has 1 unspecified atom stereocenters. The number of anilines is 1. The third-order valence-corrected chi connectivity index (χ3v) is 4.89. The molecule has 0 spiro atoms. The SMILES string of the molecule is CC1(CNC(=O)CC2CNc3ccccc32)CCCC1. The maximum Gasteiger partial charge on any atom is 0.220 e. The summed E-state index contributed by atoms with van der Waals surface area (Å²) in [6.45, 7) is 4.02. The average molecular weight is 272 g/mol. The van der Waals surface area contributed by atoms with Gasteiger partial charge in [-0.15, -0.1) is 0 Å². The van der Waals surface area contributed by atoms with Gasteiger partial charge in [-0.3, -0.25) is 4.79 Å². The molecule has 1 amide bonds. The second-order valence-corrected chi connectivity index (χ2v) is 6.66. The van der Waals surface area contributed by atoms with Crippen molar-refractivity contribution in [3.05, 3.63) is 29.8 Å². The molecule has 1 heterocycles. The number of carbonyl (C=O) groups is 1. The van der Waals surface area contributed by atoms with E-state index >= 15 is 0 Å². The van der Waals surface area contributed by atoms with Gasteiger partial charge >= 0.3 is 0 Å². The predicted octanol–water partition coefficient (Wildman–Crippen LogP) is 3.28. The summed E-state index contributed by atoms with van der Waals surface area (Å²) in [5.41, 5.74) is 2.81. The third kappa shape index (κ3) is 2.82. The lowest BCUT2D eigenvalue weighted by Gasteiger charge is -2.24. The van der Waals surface area contributed by atoms with Crippen molar-refractivity contribution in [1.29, 1.82) is 0 Å². The predicted molar refractivity (Wildman–Crippen MR) is 81.9 cm³/mol. The van der Waals surface area contributed by atoms with Crippen LogP contribution in [0.15, 0.2) is 24.3 Å². The summed E-state index contributed by atoms with van der Waals surface area (Å²) in [6, 6.07) is 8.31. The van der Waals surface area contributed by atoms with Gasteiger partial charge in [-0.1, -0.05) is 38.0 Å². The van der Waals surface area contributed by atoms with Crippen LogP contribution in [0.25, 0.3) is 0 Å². The smallest absolute Gasteiger partial charge is 0.220 e. The minimum Gasteiger partial charge on any atom is -0.384 e. The summed E-state index contributed by atoms with van der Waals surface area (Å²) in [7, 11) is 0. The summed E-state index contributed by atoms with van der Waals surface area (Å²) in [5.74, 6) is 0.518. The maximum absolute atomic E-state index is 12.2. The molecule has 1 aliphatic carbocycles. The maximum atomic E-state index is 12.2. The molecule has 1 aliphatic heterocycles. The standard InChI is InChI=1S/C17H24N2O/c1-17(8-4-5-9-17)12-19-16(20)10-13-11-18-15-7-3-2-6-14(13)15/h2-3,6-7,13,18H,4-5,8-12H2,1H3,(H,19,20). The lowest BCUT2D eigenvalue weighted by atomic mass is 9.88. The fraction of sp³-hybridized carbons (Fsp3) is 0.588. The van der Waals surface area contributed by atoms with E-state index in [0.717, 1.165) is 13.1 Å². The summed E-state index contributed by atoms with van der Waals surface area (Å²) in [6.07, 6.45) is 5.72. The molecule has 2 N–H and O–H groups in total. The van der Waals surface area contributed by atoms with E-state index in [4.69, 9.17) is 0 Å². The van der Waals surface area contributed by atoms with Gasteiger partial charge in [-0.05, 0) is 29.9 Å². The van der Waals surface area contributed by atoms with Gasteiger partial charge in [-0.25, -0.2) is 0 Å². The van der Waals surface area contributed by atoms with Crippen molar-refractivity contribution in [2.75, 3.05) is 18.4 Å². The molecule has 3 nitrogen and oxygen atoms in total. The molecular weight excluding hydrogens is 248 g/mol. The van der Waals surface area contributed by atoms with E-state index in [1.807, 2.05) is 6.07 Å². The topological polar surface area (TPSA) is 41.1 Å². The first-order valence-electron chi connectivity index (χ1n) is 7.76. The monoisotopic (exact) mass is 272 g/mol. The van der Waals surface area contributed by atoms with Crippen molar-refractivity contribution in [2.45, 2.75) is 44.9 Å². The van der Waals surface area contributed by atoms with Crippen molar-refractivity contribution in [3.8, 4) is 0 Å². The highest BCUT2D eigenvalue weighted by molar-refractivity contribution is 5.78. The van der Waals surface area contributed by atoms with Crippen LogP contribution < -0.4 is 10.6 Å². The molecule has 108 valence electrons. The number of carbonyl (C=O) groups excluding carboxylic acids is 1. The first-order valence-corrected chi connectivity index (χ1v) is 7.76. The van der Waals surface area contributed by atoms with E-state index in [-0.39, 0.29) is 5.91 Å². The number of rotatable bonds is 4. The lowest BCUT2D eigenvalue weighted by Crippen LogP contribution is -2.34. The molecule has 1 aromatic carbocycles. The number of fused-ring (bicyclic) bond motifs is 1. The lowest BCUT2D eigenvalue weighted by molar-refractivity contribution is -0.121. The molecule has 0 bridgehead atoms. The largest absolute Gasteiger partial charge is 0.384 e. The molecule has 1 aromatic rings. The number of benzene rings is 1. The Bertz CT molecular complexity index is 492. The van der Waals surface area contributed by atoms with Gasteiger partial charge in [0.2, 0.25) is 5.91 Å². The van der Waals surface area contributed by atoms with E-state index < -0.39 is 0 Å². The molecule has 3 rings (SSSR count). The number of hydrogen-bond donors (Lipinski definition) is 2. The first kappa shape index (κ1) is 13.5. The zero-order chi connectivity index (χ0) is 14.0. The summed E-state index contributed by atoms with van der Waals surface area (Å²) >= 11 is 0. The summed E-state index contributed by atoms with van der Waals surface area (Å²) < 4.78 is 0. The van der Waals surface area contributed by atoms with Gasteiger partial charge in [0.15, 0.2) is 0 Å². The Labute approximate surface area is 121 Å². The van der Waals surface area contributed by atoms with Crippen LogP contribution in [-0.4, -0.2) is 19.0 Å². The Balaban J connectivity index is 1.53. The summed E-state index contributed by atoms with van der Waals surface area (Å²) in [5, 5.41) is 6.54. The summed E-state index contributed by atoms with van der Waals surface area (Å²) in [4.78, 5) is 12.2. The van der Waals surface area contributed by atoms with Crippen LogP contribution in [0.5, 0.6) is 0 Å². The molecule has 1 fully saturated rings. The zero-order valence-electron chi connectivity index (χ0n) is 12.2. The van der Waals surface area contributed by atoms with Crippen LogP contribution in [0.4, 0.5) is 5.69 Å². The van der Waals surface area contributed by atoms with Crippen LogP contribution in [-0.2, 0) is 4.79 Å². The highest BCUT2D eigenvalue weighted by Crippen LogP contribution is 2.37. The highest BCUT2D eigenvalue weighted by atomic mass is 16.1. The molecule has 0 aromatic heterocycles. The second kappa shape index (κ2) is 5.47. The van der Waals surface area contributed by atoms with E-state index in [0.29, 0.717) is 17.8 Å². The Morgan fingerprint density at radius 2 is 2.10 bits per heavy atom. The minimum atomic E-state index is 0.196. The van der Waals surface area contributed by atoms with Gasteiger partial charge in [0.1, 0.15) is 0 Å². The number of hydrogen-bond acceptors (Lipinski definition) is 2. The highest BCUT2D eigenvalue weighted by Gasteiger charge is 2.30. The zero-order valence-corrected chi connectivity index (χ0v) is 12.2. The second-order valence-electron chi connectivity index (χ2n) is 6.66. The Kier molecular flexibility index (Phi) is 3.68. The third-order valence-electron chi connectivity index (χ3n) is 4.89. The van der Waals surface area contributed by atoms with E-state index in [1.54, 1.807) is 0 Å². The number of nitrogens with one attached hydrogen (secondary N) is 2. The van der Waals surface area contributed by atoms with E-state index in [9.17, 15) is 4.79 Å². The van der Waals surface area contributed by atoms with Crippen LogP contribution >= 0.6 is 0 Å². The van der Waals surface area contributed by atoms with E-state index in [1.165, 1.54) is 36.9 Å². The quantitative estimate of drug-likeness (QED) is 0.883. The number of para-hydroxylation sites is 1. The molecular formula is C17H24N2O. The first-order chi connectivity index (χ1) is 9.66. The van der Waals surface area contributed by atoms with Gasteiger partial charge in [-0.2, -0.15) is 0 Å². The normalized spacial score (nSPS) is 23.1. The minimum absolute atomic E-state index is 0.196. The van der Waals surface area contributed by atoms with Crippen LogP contribution in [0.2, 0.25) is 0 Å². The average Bonchev–Trinajstić information content (AvgIpc) is 3.05. The van der Waals surface area contributed by atoms with Crippen molar-refractivity contribution >= 4 is 11.6 Å². The molecule has 1 atom stereocenters.